The van der Waals surface area contributed by atoms with Crippen LogP contribution in [-0.4, -0.2) is 24.9 Å². The zero-order valence-electron chi connectivity index (χ0n) is 12.8. The van der Waals surface area contributed by atoms with Crippen molar-refractivity contribution in [3.63, 3.8) is 0 Å². The van der Waals surface area contributed by atoms with Gasteiger partial charge in [0.2, 0.25) is 0 Å². The van der Waals surface area contributed by atoms with E-state index < -0.39 is 8.60 Å². The minimum Gasteiger partial charge on any atom is -0.328 e. The van der Waals surface area contributed by atoms with E-state index in [1.165, 1.54) is 26.2 Å². The van der Waals surface area contributed by atoms with Gasteiger partial charge in [-0.1, -0.05) is 36.8 Å². The van der Waals surface area contributed by atoms with E-state index in [-0.39, 0.29) is 0 Å². The van der Waals surface area contributed by atoms with Gasteiger partial charge in [0, 0.05) is 33.6 Å². The monoisotopic (exact) mass is 315 g/mol. The molecule has 3 N–H and O–H groups in total. The first-order valence-corrected chi connectivity index (χ1v) is 8.10. The summed E-state index contributed by atoms with van der Waals surface area (Å²) in [6.07, 6.45) is 5.24. The first-order chi connectivity index (χ1) is 10.1. The number of Topliss-reactive ketones (excluding diaryl/α,β-unsaturated/α-hetero) is 1. The summed E-state index contributed by atoms with van der Waals surface area (Å²) >= 11 is 0. The number of carbonyl (C=O) groups excluding carboxylic acids is 1. The Morgan fingerprint density at radius 3 is 1.86 bits per heavy atom. The molecule has 1 aliphatic carbocycles. The van der Waals surface area contributed by atoms with Gasteiger partial charge in [-0.2, -0.15) is 0 Å². The molecule has 0 spiro atoms. The van der Waals surface area contributed by atoms with Crippen molar-refractivity contribution in [2.75, 3.05) is 14.2 Å². The molecule has 0 heterocycles. The second-order valence-corrected chi connectivity index (χ2v) is 5.60. The highest BCUT2D eigenvalue weighted by Gasteiger charge is 2.05. The van der Waals surface area contributed by atoms with Crippen molar-refractivity contribution < 1.29 is 18.7 Å². The summed E-state index contributed by atoms with van der Waals surface area (Å²) in [4.78, 5) is 18.8. The molecule has 1 aromatic carbocycles. The van der Waals surface area contributed by atoms with Crippen LogP contribution in [0.4, 0.5) is 0 Å². The van der Waals surface area contributed by atoms with Crippen molar-refractivity contribution in [1.29, 1.82) is 0 Å². The predicted octanol–water partition coefficient (Wildman–Crippen LogP) is 3.16. The summed E-state index contributed by atoms with van der Waals surface area (Å²) in [6, 6.07) is 9.99. The van der Waals surface area contributed by atoms with E-state index in [0.717, 1.165) is 25.7 Å². The first-order valence-electron chi connectivity index (χ1n) is 6.97. The molecule has 0 aromatic heterocycles. The van der Waals surface area contributed by atoms with Crippen LogP contribution >= 0.6 is 8.60 Å². The van der Waals surface area contributed by atoms with Crippen LogP contribution in [0.3, 0.4) is 0 Å². The summed E-state index contributed by atoms with van der Waals surface area (Å²) in [5.74, 6) is 0.464. The van der Waals surface area contributed by atoms with Crippen LogP contribution in [0.25, 0.3) is 0 Å². The molecule has 6 heteroatoms. The van der Waals surface area contributed by atoms with Crippen molar-refractivity contribution in [2.24, 2.45) is 5.73 Å². The van der Waals surface area contributed by atoms with E-state index in [0.29, 0.717) is 12.3 Å². The fourth-order valence-electron chi connectivity index (χ4n) is 1.63. The second-order valence-electron chi connectivity index (χ2n) is 4.39. The van der Waals surface area contributed by atoms with Crippen LogP contribution in [0.2, 0.25) is 0 Å². The van der Waals surface area contributed by atoms with Gasteiger partial charge in [-0.3, -0.25) is 4.79 Å². The molecule has 5 nitrogen and oxygen atoms in total. The SMILES string of the molecule is COP(O)OC.NCc1ccccc1.O=C1CCCCC1. The maximum atomic E-state index is 10.5. The second kappa shape index (κ2) is 14.1. The van der Waals surface area contributed by atoms with Crippen molar-refractivity contribution in [1.82, 2.24) is 0 Å². The summed E-state index contributed by atoms with van der Waals surface area (Å²) in [5.41, 5.74) is 6.54. The average Bonchev–Trinajstić information content (AvgIpc) is 2.56. The Labute approximate surface area is 128 Å². The first kappa shape index (κ1) is 20.2. The van der Waals surface area contributed by atoms with Gasteiger partial charge in [-0.25, -0.2) is 0 Å². The Bertz CT molecular complexity index is 350. The predicted molar refractivity (Wildman–Crippen MR) is 85.6 cm³/mol. The molecule has 0 atom stereocenters. The molecular formula is C15H26NO4P. The number of hydrogen-bond donors (Lipinski definition) is 2. The molecule has 0 unspecified atom stereocenters. The highest BCUT2D eigenvalue weighted by atomic mass is 31.2. The Balaban J connectivity index is 0.000000290. The maximum Gasteiger partial charge on any atom is 0.329 e. The lowest BCUT2D eigenvalue weighted by atomic mass is 10.00. The van der Waals surface area contributed by atoms with Gasteiger partial charge in [0.25, 0.3) is 0 Å². The Hall–Kier alpha value is -0.840. The summed E-state index contributed by atoms with van der Waals surface area (Å²) in [5, 5.41) is 0. The molecule has 2 rings (SSSR count). The number of hydrogen-bond acceptors (Lipinski definition) is 5. The van der Waals surface area contributed by atoms with Gasteiger partial charge in [-0.15, -0.1) is 0 Å². The minimum atomic E-state index is -1.58. The van der Waals surface area contributed by atoms with E-state index in [9.17, 15) is 4.79 Å². The third-order valence-corrected chi connectivity index (χ3v) is 3.43. The van der Waals surface area contributed by atoms with Crippen LogP contribution in [0.1, 0.15) is 37.7 Å². The number of ketones is 1. The van der Waals surface area contributed by atoms with Gasteiger partial charge in [0.05, 0.1) is 0 Å². The normalized spacial score (nSPS) is 13.9. The standard InChI is InChI=1S/C7H9N.C6H10O.C2H7O3P/c8-6-7-4-2-1-3-5-7;7-6-4-2-1-3-5-6;1-4-6(3)5-2/h1-5H,6,8H2;1-5H2;3H,1-2H3. The molecule has 1 fully saturated rings. The molecule has 1 aromatic rings. The summed E-state index contributed by atoms with van der Waals surface area (Å²) in [7, 11) is 1.19. The molecule has 0 amide bonds. The molecule has 1 saturated carbocycles. The van der Waals surface area contributed by atoms with Crippen LogP contribution in [0.15, 0.2) is 30.3 Å². The van der Waals surface area contributed by atoms with Crippen molar-refractivity contribution in [2.45, 2.75) is 38.6 Å². The van der Waals surface area contributed by atoms with Crippen molar-refractivity contribution in [3.05, 3.63) is 35.9 Å². The molecule has 0 saturated heterocycles. The van der Waals surface area contributed by atoms with E-state index in [4.69, 9.17) is 10.6 Å². The fourth-order valence-corrected chi connectivity index (χ4v) is 1.78. The van der Waals surface area contributed by atoms with Crippen LogP contribution in [0.5, 0.6) is 0 Å². The molecule has 0 aliphatic heterocycles. The van der Waals surface area contributed by atoms with E-state index in [1.54, 1.807) is 0 Å². The molecule has 0 radical (unpaired) electrons. The van der Waals surface area contributed by atoms with Gasteiger partial charge >= 0.3 is 8.60 Å². The maximum absolute atomic E-state index is 10.5. The lowest BCUT2D eigenvalue weighted by Crippen LogP contribution is -2.02. The van der Waals surface area contributed by atoms with Gasteiger partial charge in [-0.05, 0) is 18.4 Å². The Morgan fingerprint density at radius 2 is 1.62 bits per heavy atom. The minimum absolute atomic E-state index is 0.464. The average molecular weight is 315 g/mol. The van der Waals surface area contributed by atoms with Crippen molar-refractivity contribution in [3.8, 4) is 0 Å². The molecular weight excluding hydrogens is 289 g/mol. The Morgan fingerprint density at radius 1 is 1.10 bits per heavy atom. The van der Waals surface area contributed by atoms with E-state index in [1.807, 2.05) is 30.3 Å². The van der Waals surface area contributed by atoms with Crippen LogP contribution < -0.4 is 5.73 Å². The van der Waals surface area contributed by atoms with Gasteiger partial charge in [0.15, 0.2) is 0 Å². The van der Waals surface area contributed by atoms with Crippen LogP contribution in [-0.2, 0) is 20.4 Å². The number of benzene rings is 1. The summed E-state index contributed by atoms with van der Waals surface area (Å²) < 4.78 is 8.59. The summed E-state index contributed by atoms with van der Waals surface area (Å²) in [6.45, 7) is 0.640. The lowest BCUT2D eigenvalue weighted by molar-refractivity contribution is -0.120. The molecule has 1 aliphatic rings. The molecule has 120 valence electrons. The van der Waals surface area contributed by atoms with Gasteiger partial charge < -0.3 is 19.7 Å². The topological polar surface area (TPSA) is 81.8 Å². The van der Waals surface area contributed by atoms with Crippen LogP contribution in [0, 0.1) is 0 Å². The number of nitrogens with two attached hydrogens (primary N) is 1. The lowest BCUT2D eigenvalue weighted by Gasteiger charge is -2.05. The quantitative estimate of drug-likeness (QED) is 0.837. The Kier molecular flexibility index (Phi) is 13.5. The highest BCUT2D eigenvalue weighted by molar-refractivity contribution is 7.40. The van der Waals surface area contributed by atoms with Crippen molar-refractivity contribution >= 4 is 14.4 Å². The molecule has 0 bridgehead atoms. The number of rotatable bonds is 3. The van der Waals surface area contributed by atoms with E-state index in [2.05, 4.69) is 9.05 Å². The molecule has 21 heavy (non-hydrogen) atoms. The third-order valence-electron chi connectivity index (χ3n) is 2.80. The highest BCUT2D eigenvalue weighted by Crippen LogP contribution is 2.28. The number of carbonyl (C=O) groups is 1. The third kappa shape index (κ3) is 12.6. The fraction of sp³-hybridized carbons (Fsp3) is 0.533. The zero-order chi connectivity index (χ0) is 15.9. The smallest absolute Gasteiger partial charge is 0.328 e. The zero-order valence-corrected chi connectivity index (χ0v) is 13.7. The van der Waals surface area contributed by atoms with Gasteiger partial charge in [0.1, 0.15) is 5.78 Å². The largest absolute Gasteiger partial charge is 0.329 e. The van der Waals surface area contributed by atoms with E-state index >= 15 is 0 Å².